The zero-order chi connectivity index (χ0) is 16.9. The molecule has 5 nitrogen and oxygen atoms in total. The molecule has 128 valence electrons. The van der Waals surface area contributed by atoms with Crippen LogP contribution in [-0.2, 0) is 21.3 Å². The van der Waals surface area contributed by atoms with Crippen LogP contribution in [0.2, 0.25) is 0 Å². The summed E-state index contributed by atoms with van der Waals surface area (Å²) < 4.78 is 17.7. The smallest absolute Gasteiger partial charge is 0.410 e. The Balaban J connectivity index is 1.84. The van der Waals surface area contributed by atoms with Crippen molar-refractivity contribution in [3.63, 3.8) is 0 Å². The van der Waals surface area contributed by atoms with Gasteiger partial charge in [0.15, 0.2) is 0 Å². The van der Waals surface area contributed by atoms with Gasteiger partial charge in [0.1, 0.15) is 5.60 Å². The molecule has 6 heteroatoms. The maximum absolute atomic E-state index is 12.3. The van der Waals surface area contributed by atoms with E-state index in [9.17, 15) is 9.00 Å². The predicted octanol–water partition coefficient (Wildman–Crippen LogP) is 2.98. The third kappa shape index (κ3) is 6.29. The Hall–Kier alpha value is -1.43. The van der Waals surface area contributed by atoms with E-state index in [1.165, 1.54) is 0 Å². The van der Waals surface area contributed by atoms with Crippen LogP contribution in [0.3, 0.4) is 0 Å². The first-order chi connectivity index (χ1) is 10.8. The summed E-state index contributed by atoms with van der Waals surface area (Å²) in [6.07, 6.45) is 3.40. The molecule has 0 aliphatic carbocycles. The summed E-state index contributed by atoms with van der Waals surface area (Å²) >= 11 is 0. The Labute approximate surface area is 140 Å². The van der Waals surface area contributed by atoms with Crippen molar-refractivity contribution in [2.75, 3.05) is 18.8 Å². The van der Waals surface area contributed by atoms with Crippen molar-refractivity contribution in [1.29, 1.82) is 0 Å². The quantitative estimate of drug-likeness (QED) is 0.847. The van der Waals surface area contributed by atoms with E-state index in [-0.39, 0.29) is 12.0 Å². The lowest BCUT2D eigenvalue weighted by molar-refractivity contribution is 0.0176. The molecular weight excluding hydrogens is 312 g/mol. The predicted molar refractivity (Wildman–Crippen MR) is 91.5 cm³/mol. The molecule has 2 atom stereocenters. The van der Waals surface area contributed by atoms with Gasteiger partial charge in [0.25, 0.3) is 0 Å². The molecule has 1 aliphatic rings. The van der Waals surface area contributed by atoms with Gasteiger partial charge < -0.3 is 9.64 Å². The maximum atomic E-state index is 12.3. The van der Waals surface area contributed by atoms with Gasteiger partial charge in [-0.3, -0.25) is 9.19 Å². The molecular formula is C17H26N2O3S. The maximum Gasteiger partial charge on any atom is 0.410 e. The van der Waals surface area contributed by atoms with Gasteiger partial charge in [0.2, 0.25) is 0 Å². The average Bonchev–Trinajstić information content (AvgIpc) is 2.46. The number of rotatable bonds is 4. The molecule has 1 aliphatic heterocycles. The van der Waals surface area contributed by atoms with Gasteiger partial charge in [-0.2, -0.15) is 0 Å². The number of amides is 1. The van der Waals surface area contributed by atoms with Crippen LogP contribution < -0.4 is 0 Å². The van der Waals surface area contributed by atoms with E-state index >= 15 is 0 Å². The molecule has 0 radical (unpaired) electrons. The van der Waals surface area contributed by atoms with Crippen LogP contribution in [0, 0.1) is 5.92 Å². The molecule has 0 aromatic carbocycles. The topological polar surface area (TPSA) is 59.5 Å². The van der Waals surface area contributed by atoms with E-state index in [2.05, 4.69) is 4.98 Å². The number of pyridine rings is 1. The fraction of sp³-hybridized carbons (Fsp3) is 0.647. The van der Waals surface area contributed by atoms with Crippen molar-refractivity contribution in [2.24, 2.45) is 5.92 Å². The second-order valence-electron chi connectivity index (χ2n) is 7.01. The minimum atomic E-state index is -0.957. The molecule has 1 aromatic rings. The number of ether oxygens (including phenoxy) is 1. The van der Waals surface area contributed by atoms with Gasteiger partial charge in [0.05, 0.1) is 11.4 Å². The van der Waals surface area contributed by atoms with Gasteiger partial charge in [0, 0.05) is 35.8 Å². The Bertz CT molecular complexity index is 543. The molecule has 1 saturated heterocycles. The zero-order valence-corrected chi connectivity index (χ0v) is 15.0. The van der Waals surface area contributed by atoms with Gasteiger partial charge in [-0.25, -0.2) is 4.79 Å². The molecule has 0 spiro atoms. The summed E-state index contributed by atoms with van der Waals surface area (Å²) in [5.41, 5.74) is 0.372. The van der Waals surface area contributed by atoms with Crippen molar-refractivity contribution >= 4 is 16.9 Å². The third-order valence-electron chi connectivity index (χ3n) is 3.63. The number of carbonyl (C=O) groups excluding carboxylic acids is 1. The highest BCUT2D eigenvalue weighted by molar-refractivity contribution is 7.84. The van der Waals surface area contributed by atoms with Crippen LogP contribution in [0.4, 0.5) is 4.79 Å². The minimum Gasteiger partial charge on any atom is -0.444 e. The van der Waals surface area contributed by atoms with Crippen LogP contribution in [0.1, 0.15) is 39.3 Å². The van der Waals surface area contributed by atoms with Crippen molar-refractivity contribution in [3.8, 4) is 0 Å². The average molecular weight is 338 g/mol. The molecule has 1 fully saturated rings. The number of carbonyl (C=O) groups is 1. The second kappa shape index (κ2) is 7.90. The van der Waals surface area contributed by atoms with Crippen molar-refractivity contribution in [2.45, 2.75) is 45.0 Å². The molecule has 2 rings (SSSR count). The van der Waals surface area contributed by atoms with Crippen LogP contribution in [0.25, 0.3) is 0 Å². The van der Waals surface area contributed by atoms with Gasteiger partial charge in [-0.1, -0.05) is 6.07 Å². The fourth-order valence-electron chi connectivity index (χ4n) is 2.66. The number of nitrogens with zero attached hydrogens (tertiary/aromatic N) is 2. The molecule has 1 aromatic heterocycles. The highest BCUT2D eigenvalue weighted by Gasteiger charge is 2.28. The zero-order valence-electron chi connectivity index (χ0n) is 14.2. The lowest BCUT2D eigenvalue weighted by atomic mass is 10.0. The van der Waals surface area contributed by atoms with Crippen LogP contribution in [-0.4, -0.2) is 44.6 Å². The van der Waals surface area contributed by atoms with E-state index < -0.39 is 16.4 Å². The second-order valence-corrected chi connectivity index (χ2v) is 8.51. The van der Waals surface area contributed by atoms with Crippen molar-refractivity contribution in [3.05, 3.63) is 30.1 Å². The lowest BCUT2D eigenvalue weighted by Gasteiger charge is -2.34. The van der Waals surface area contributed by atoms with E-state index in [0.29, 0.717) is 18.1 Å². The minimum absolute atomic E-state index is 0.265. The van der Waals surface area contributed by atoms with Crippen molar-refractivity contribution < 1.29 is 13.7 Å². The highest BCUT2D eigenvalue weighted by Crippen LogP contribution is 2.20. The Morgan fingerprint density at radius 1 is 1.43 bits per heavy atom. The summed E-state index contributed by atoms with van der Waals surface area (Å²) in [6, 6.07) is 5.66. The lowest BCUT2D eigenvalue weighted by Crippen LogP contribution is -2.44. The fourth-order valence-corrected chi connectivity index (χ4v) is 4.08. The van der Waals surface area contributed by atoms with E-state index in [0.717, 1.165) is 25.1 Å². The summed E-state index contributed by atoms with van der Waals surface area (Å²) in [5, 5.41) is 0. The molecule has 0 N–H and O–H groups in total. The summed E-state index contributed by atoms with van der Waals surface area (Å²) in [7, 11) is -0.957. The summed E-state index contributed by atoms with van der Waals surface area (Å²) in [5.74, 6) is 1.35. The third-order valence-corrected chi connectivity index (χ3v) is 5.09. The number of hydrogen-bond acceptors (Lipinski definition) is 4. The number of likely N-dealkylation sites (tertiary alicyclic amines) is 1. The Morgan fingerprint density at radius 3 is 2.87 bits per heavy atom. The SMILES string of the molecule is CC(C)(C)OC(=O)N1CCC[C@@H](C[S@@](=O)Cc2ccccn2)C1. The molecule has 0 saturated carbocycles. The van der Waals surface area contributed by atoms with E-state index in [1.54, 1.807) is 11.1 Å². The Morgan fingerprint density at radius 2 is 2.22 bits per heavy atom. The molecule has 0 bridgehead atoms. The summed E-state index contributed by atoms with van der Waals surface area (Å²) in [6.45, 7) is 6.96. The van der Waals surface area contributed by atoms with Gasteiger partial charge >= 0.3 is 6.09 Å². The summed E-state index contributed by atoms with van der Waals surface area (Å²) in [4.78, 5) is 18.1. The van der Waals surface area contributed by atoms with Crippen LogP contribution >= 0.6 is 0 Å². The largest absolute Gasteiger partial charge is 0.444 e. The number of aromatic nitrogens is 1. The molecule has 2 heterocycles. The van der Waals surface area contributed by atoms with E-state index in [1.807, 2.05) is 39.0 Å². The van der Waals surface area contributed by atoms with E-state index in [4.69, 9.17) is 4.74 Å². The van der Waals surface area contributed by atoms with Crippen molar-refractivity contribution in [1.82, 2.24) is 9.88 Å². The molecule has 23 heavy (non-hydrogen) atoms. The monoisotopic (exact) mass is 338 g/mol. The number of hydrogen-bond donors (Lipinski definition) is 0. The first kappa shape index (κ1) is 17.9. The molecule has 1 amide bonds. The van der Waals surface area contributed by atoms with Crippen LogP contribution in [0.15, 0.2) is 24.4 Å². The standard InChI is InChI=1S/C17H26N2O3S/c1-17(2,3)22-16(20)19-10-6-7-14(11-19)12-23(21)13-15-8-4-5-9-18-15/h4-5,8-9,14H,6-7,10-13H2,1-3H3/t14-,23-/m1/s1. The number of piperidine rings is 1. The van der Waals surface area contributed by atoms with Gasteiger partial charge in [-0.05, 0) is 51.7 Å². The van der Waals surface area contributed by atoms with Crippen LogP contribution in [0.5, 0.6) is 0 Å². The van der Waals surface area contributed by atoms with Gasteiger partial charge in [-0.15, -0.1) is 0 Å². The Kier molecular flexibility index (Phi) is 6.16. The molecule has 0 unspecified atom stereocenters. The first-order valence-electron chi connectivity index (χ1n) is 8.06. The normalized spacial score (nSPS) is 20.1. The highest BCUT2D eigenvalue weighted by atomic mass is 32.2. The first-order valence-corrected chi connectivity index (χ1v) is 9.55.